The van der Waals surface area contributed by atoms with Crippen molar-refractivity contribution in [3.63, 3.8) is 0 Å². The molecular formula is C22H22ClN3O3. The second-order valence-corrected chi connectivity index (χ2v) is 6.61. The zero-order chi connectivity index (χ0) is 21.1. The Labute approximate surface area is 175 Å². The number of nitrogens with one attached hydrogen (secondary N) is 2. The summed E-state index contributed by atoms with van der Waals surface area (Å²) in [5.74, 6) is -1.14. The van der Waals surface area contributed by atoms with Gasteiger partial charge in [0.25, 0.3) is 5.91 Å². The molecule has 0 radical (unpaired) electrons. The highest BCUT2D eigenvalue weighted by Crippen LogP contribution is 2.17. The van der Waals surface area contributed by atoms with E-state index in [0.29, 0.717) is 18.2 Å². The maximum atomic E-state index is 12.5. The van der Waals surface area contributed by atoms with Crippen LogP contribution in [0.3, 0.4) is 0 Å². The fraction of sp³-hybridized carbons (Fsp3) is 0.227. The molecule has 150 valence electrons. The molecular weight excluding hydrogens is 390 g/mol. The average Bonchev–Trinajstić information content (AvgIpc) is 2.71. The highest BCUT2D eigenvalue weighted by atomic mass is 35.5. The van der Waals surface area contributed by atoms with Crippen molar-refractivity contribution in [2.24, 2.45) is 0 Å². The van der Waals surface area contributed by atoms with Crippen LogP contribution in [0.1, 0.15) is 35.7 Å². The van der Waals surface area contributed by atoms with E-state index < -0.39 is 11.9 Å². The summed E-state index contributed by atoms with van der Waals surface area (Å²) in [6, 6.07) is 15.6. The first-order chi connectivity index (χ1) is 14.0. The van der Waals surface area contributed by atoms with E-state index in [0.717, 1.165) is 18.4 Å². The van der Waals surface area contributed by atoms with Crippen LogP contribution in [0.5, 0.6) is 0 Å². The maximum Gasteiger partial charge on any atom is 0.340 e. The van der Waals surface area contributed by atoms with Crippen molar-refractivity contribution >= 4 is 29.2 Å². The minimum absolute atomic E-state index is 0.124. The molecule has 0 unspecified atom stereocenters. The molecule has 2 aromatic rings. The van der Waals surface area contributed by atoms with Crippen molar-refractivity contribution in [1.82, 2.24) is 5.32 Å². The molecule has 7 heteroatoms. The predicted octanol–water partition coefficient (Wildman–Crippen LogP) is 4.43. The number of rotatable bonds is 9. The number of carbonyl (C=O) groups excluding carboxylic acids is 2. The van der Waals surface area contributed by atoms with Crippen molar-refractivity contribution in [1.29, 1.82) is 5.26 Å². The summed E-state index contributed by atoms with van der Waals surface area (Å²) in [7, 11) is 0. The number of hydrogen-bond acceptors (Lipinski definition) is 5. The Morgan fingerprint density at radius 2 is 2.00 bits per heavy atom. The van der Waals surface area contributed by atoms with E-state index in [1.54, 1.807) is 36.4 Å². The molecule has 0 aliphatic carbocycles. The SMILES string of the molecule is CCCCOC(=O)c1ccccc1NC(=O)/C(C#N)=C\NCc1cccc(Cl)c1. The number of carbonyl (C=O) groups is 2. The molecule has 1 amide bonds. The molecule has 0 saturated heterocycles. The minimum Gasteiger partial charge on any atom is -0.462 e. The van der Waals surface area contributed by atoms with Gasteiger partial charge in [0.15, 0.2) is 0 Å². The van der Waals surface area contributed by atoms with Crippen LogP contribution in [0, 0.1) is 11.3 Å². The number of amides is 1. The smallest absolute Gasteiger partial charge is 0.340 e. The Hall–Kier alpha value is -3.30. The topological polar surface area (TPSA) is 91.2 Å². The highest BCUT2D eigenvalue weighted by molar-refractivity contribution is 6.30. The van der Waals surface area contributed by atoms with E-state index in [1.165, 1.54) is 6.20 Å². The van der Waals surface area contributed by atoms with Gasteiger partial charge in [-0.15, -0.1) is 0 Å². The number of ether oxygens (including phenoxy) is 1. The number of halogens is 1. The largest absolute Gasteiger partial charge is 0.462 e. The summed E-state index contributed by atoms with van der Waals surface area (Å²) in [5.41, 5.74) is 1.31. The Morgan fingerprint density at radius 1 is 1.21 bits per heavy atom. The van der Waals surface area contributed by atoms with Crippen LogP contribution in [-0.4, -0.2) is 18.5 Å². The van der Waals surface area contributed by atoms with Gasteiger partial charge in [-0.1, -0.05) is 49.2 Å². The van der Waals surface area contributed by atoms with E-state index in [9.17, 15) is 14.9 Å². The number of benzene rings is 2. The minimum atomic E-state index is -0.625. The van der Waals surface area contributed by atoms with Gasteiger partial charge in [0, 0.05) is 17.8 Å². The van der Waals surface area contributed by atoms with E-state index in [1.807, 2.05) is 25.1 Å². The van der Waals surface area contributed by atoms with Crippen LogP contribution in [0.4, 0.5) is 5.69 Å². The zero-order valence-electron chi connectivity index (χ0n) is 16.1. The van der Waals surface area contributed by atoms with Crippen LogP contribution in [0.25, 0.3) is 0 Å². The van der Waals surface area contributed by atoms with E-state index >= 15 is 0 Å². The lowest BCUT2D eigenvalue weighted by Crippen LogP contribution is -2.19. The summed E-state index contributed by atoms with van der Waals surface area (Å²) in [6.07, 6.45) is 3.00. The van der Waals surface area contributed by atoms with Gasteiger partial charge in [-0.2, -0.15) is 5.26 Å². The van der Waals surface area contributed by atoms with E-state index in [2.05, 4.69) is 10.6 Å². The summed E-state index contributed by atoms with van der Waals surface area (Å²) in [5, 5.41) is 15.4. The molecule has 0 aliphatic rings. The van der Waals surface area contributed by atoms with Crippen LogP contribution in [0.2, 0.25) is 5.02 Å². The lowest BCUT2D eigenvalue weighted by Gasteiger charge is -2.10. The van der Waals surface area contributed by atoms with E-state index in [-0.39, 0.29) is 16.8 Å². The third-order valence-electron chi connectivity index (χ3n) is 3.93. The van der Waals surface area contributed by atoms with Crippen LogP contribution in [-0.2, 0) is 16.1 Å². The molecule has 0 fully saturated rings. The standard InChI is InChI=1S/C22H22ClN3O3/c1-2-3-11-29-22(28)19-9-4-5-10-20(19)26-21(27)17(13-24)15-25-14-16-7-6-8-18(23)12-16/h4-10,12,15,25H,2-3,11,14H2,1H3,(H,26,27)/b17-15-. The van der Waals surface area contributed by atoms with Crippen LogP contribution in [0.15, 0.2) is 60.3 Å². The Bertz CT molecular complexity index is 935. The number of esters is 1. The molecule has 2 N–H and O–H groups in total. The van der Waals surface area contributed by atoms with E-state index in [4.69, 9.17) is 16.3 Å². The fourth-order valence-electron chi connectivity index (χ4n) is 2.41. The highest BCUT2D eigenvalue weighted by Gasteiger charge is 2.16. The number of anilines is 1. The van der Waals surface area contributed by atoms with Crippen molar-refractivity contribution < 1.29 is 14.3 Å². The third kappa shape index (κ3) is 6.98. The second-order valence-electron chi connectivity index (χ2n) is 6.17. The Kier molecular flexibility index (Phi) is 8.74. The molecule has 0 spiro atoms. The number of para-hydroxylation sites is 1. The summed E-state index contributed by atoms with van der Waals surface area (Å²) in [6.45, 7) is 2.71. The Balaban J connectivity index is 2.04. The third-order valence-corrected chi connectivity index (χ3v) is 4.17. The van der Waals surface area contributed by atoms with Gasteiger partial charge in [-0.3, -0.25) is 4.79 Å². The quantitative estimate of drug-likeness (QED) is 0.275. The van der Waals surface area contributed by atoms with Gasteiger partial charge in [-0.25, -0.2) is 4.79 Å². The maximum absolute atomic E-state index is 12.5. The molecule has 6 nitrogen and oxygen atoms in total. The molecule has 2 rings (SSSR count). The molecule has 0 heterocycles. The first-order valence-electron chi connectivity index (χ1n) is 9.20. The number of hydrogen-bond donors (Lipinski definition) is 2. The first kappa shape index (κ1) is 22.0. The summed E-state index contributed by atoms with van der Waals surface area (Å²) >= 11 is 5.94. The van der Waals surface area contributed by atoms with Crippen molar-refractivity contribution in [2.45, 2.75) is 26.3 Å². The predicted molar refractivity (Wildman–Crippen MR) is 112 cm³/mol. The second kappa shape index (κ2) is 11.5. The molecule has 0 bridgehead atoms. The molecule has 29 heavy (non-hydrogen) atoms. The van der Waals surface area contributed by atoms with Crippen molar-refractivity contribution in [3.8, 4) is 6.07 Å². The Morgan fingerprint density at radius 3 is 2.72 bits per heavy atom. The van der Waals surface area contributed by atoms with Gasteiger partial charge in [-0.05, 0) is 36.2 Å². The van der Waals surface area contributed by atoms with Gasteiger partial charge >= 0.3 is 5.97 Å². The van der Waals surface area contributed by atoms with Gasteiger partial charge in [0.05, 0.1) is 17.9 Å². The number of nitrogens with zero attached hydrogens (tertiary/aromatic N) is 1. The molecule has 0 aromatic heterocycles. The lowest BCUT2D eigenvalue weighted by molar-refractivity contribution is -0.112. The van der Waals surface area contributed by atoms with Crippen molar-refractivity contribution in [3.05, 3.63) is 76.5 Å². The summed E-state index contributed by atoms with van der Waals surface area (Å²) < 4.78 is 5.21. The van der Waals surface area contributed by atoms with Gasteiger partial charge in [0.2, 0.25) is 0 Å². The summed E-state index contributed by atoms with van der Waals surface area (Å²) in [4.78, 5) is 24.7. The monoisotopic (exact) mass is 411 g/mol. The molecule has 0 atom stereocenters. The normalized spacial score (nSPS) is 10.7. The van der Waals surface area contributed by atoms with Crippen LogP contribution < -0.4 is 10.6 Å². The molecule has 0 aliphatic heterocycles. The first-order valence-corrected chi connectivity index (χ1v) is 9.58. The molecule has 2 aromatic carbocycles. The average molecular weight is 412 g/mol. The van der Waals surface area contributed by atoms with Gasteiger partial charge < -0.3 is 15.4 Å². The zero-order valence-corrected chi connectivity index (χ0v) is 16.8. The number of unbranched alkanes of at least 4 members (excludes halogenated alkanes) is 1. The fourth-order valence-corrected chi connectivity index (χ4v) is 2.63. The molecule has 0 saturated carbocycles. The lowest BCUT2D eigenvalue weighted by atomic mass is 10.1. The van der Waals surface area contributed by atoms with Gasteiger partial charge in [0.1, 0.15) is 11.6 Å². The van der Waals surface area contributed by atoms with Crippen molar-refractivity contribution in [2.75, 3.05) is 11.9 Å². The van der Waals surface area contributed by atoms with Crippen LogP contribution >= 0.6 is 11.6 Å². The number of nitriles is 1.